The van der Waals surface area contributed by atoms with Gasteiger partial charge in [-0.15, -0.1) is 0 Å². The Bertz CT molecular complexity index is 1160. The topological polar surface area (TPSA) is 71.4 Å². The van der Waals surface area contributed by atoms with Gasteiger partial charge in [0.25, 0.3) is 5.91 Å². The van der Waals surface area contributed by atoms with E-state index in [9.17, 15) is 13.2 Å². The van der Waals surface area contributed by atoms with Crippen LogP contribution in [0.1, 0.15) is 23.2 Å². The van der Waals surface area contributed by atoms with Gasteiger partial charge in [-0.3, -0.25) is 9.10 Å². The Hall–Kier alpha value is -2.51. The normalized spacial score (nSPS) is 16.1. The van der Waals surface area contributed by atoms with E-state index in [0.29, 0.717) is 42.3 Å². The molecule has 0 spiro atoms. The number of benzene rings is 2. The molecule has 3 aromatic rings. The van der Waals surface area contributed by atoms with E-state index in [2.05, 4.69) is 9.88 Å². The summed E-state index contributed by atoms with van der Waals surface area (Å²) in [4.78, 5) is 12.6. The number of nitrogens with one attached hydrogen (secondary N) is 1. The molecule has 1 fully saturated rings. The highest BCUT2D eigenvalue weighted by Gasteiger charge is 2.28. The lowest BCUT2D eigenvalue weighted by atomic mass is 10.1. The van der Waals surface area contributed by atoms with E-state index in [1.54, 1.807) is 18.2 Å². The second-order valence-corrected chi connectivity index (χ2v) is 9.51. The summed E-state index contributed by atoms with van der Waals surface area (Å²) >= 11 is 6.25. The molecule has 1 N–H and O–H groups in total. The van der Waals surface area contributed by atoms with Crippen LogP contribution in [0.15, 0.2) is 54.7 Å². The highest BCUT2D eigenvalue weighted by molar-refractivity contribution is 7.92. The van der Waals surface area contributed by atoms with Gasteiger partial charge in [0, 0.05) is 36.9 Å². The second-order valence-electron chi connectivity index (χ2n) is 7.09. The molecule has 29 heavy (non-hydrogen) atoms. The molecule has 0 bridgehead atoms. The van der Waals surface area contributed by atoms with Crippen LogP contribution in [-0.4, -0.2) is 37.7 Å². The minimum atomic E-state index is -3.40. The maximum Gasteiger partial charge on any atom is 0.251 e. The molecule has 0 radical (unpaired) electrons. The minimum absolute atomic E-state index is 0.102. The molecule has 1 aliphatic heterocycles. The van der Waals surface area contributed by atoms with Crippen LogP contribution in [0, 0.1) is 0 Å². The van der Waals surface area contributed by atoms with Gasteiger partial charge in [0.15, 0.2) is 0 Å². The van der Waals surface area contributed by atoms with E-state index in [1.165, 1.54) is 4.31 Å². The molecule has 0 atom stereocenters. The largest absolute Gasteiger partial charge is 0.350 e. The van der Waals surface area contributed by atoms with Crippen molar-refractivity contribution >= 4 is 44.1 Å². The van der Waals surface area contributed by atoms with E-state index in [1.807, 2.05) is 36.5 Å². The van der Waals surface area contributed by atoms with Crippen molar-refractivity contribution in [1.29, 1.82) is 0 Å². The molecule has 4 rings (SSSR count). The van der Waals surface area contributed by atoms with Crippen molar-refractivity contribution in [1.82, 2.24) is 9.88 Å². The summed E-state index contributed by atoms with van der Waals surface area (Å²) < 4.78 is 28.2. The lowest BCUT2D eigenvalue weighted by Crippen LogP contribution is -2.38. The van der Waals surface area contributed by atoms with Crippen molar-refractivity contribution in [2.45, 2.75) is 19.4 Å². The number of nitrogens with zero attached hydrogens (tertiary/aromatic N) is 2. The third-order valence-electron chi connectivity index (χ3n) is 5.14. The predicted molar refractivity (Wildman–Crippen MR) is 116 cm³/mol. The first kappa shape index (κ1) is 19.8. The number of carbonyl (C=O) groups is 1. The van der Waals surface area contributed by atoms with Crippen LogP contribution in [0.2, 0.25) is 5.02 Å². The average molecular weight is 432 g/mol. The number of para-hydroxylation sites is 1. The zero-order chi connectivity index (χ0) is 20.4. The fourth-order valence-electron chi connectivity index (χ4n) is 3.63. The van der Waals surface area contributed by atoms with Crippen LogP contribution in [0.3, 0.4) is 0 Å². The molecular formula is C21H22ClN3O3S. The number of sulfonamides is 1. The Kier molecular flexibility index (Phi) is 5.52. The Morgan fingerprint density at radius 3 is 2.76 bits per heavy atom. The SMILES string of the molecule is O=C(NCCn1ccc2ccccc21)c1ccc(Cl)c(N2CCCCS2(=O)=O)c1. The molecule has 6 nitrogen and oxygen atoms in total. The van der Waals surface area contributed by atoms with Crippen molar-refractivity contribution in [2.75, 3.05) is 23.1 Å². The Morgan fingerprint density at radius 1 is 1.10 bits per heavy atom. The van der Waals surface area contributed by atoms with Crippen molar-refractivity contribution in [3.8, 4) is 0 Å². The third kappa shape index (κ3) is 4.11. The lowest BCUT2D eigenvalue weighted by molar-refractivity contribution is 0.0952. The number of halogens is 1. The number of aromatic nitrogens is 1. The predicted octanol–water partition coefficient (Wildman–Crippen LogP) is 3.65. The van der Waals surface area contributed by atoms with E-state index >= 15 is 0 Å². The van der Waals surface area contributed by atoms with Crippen molar-refractivity contribution < 1.29 is 13.2 Å². The zero-order valence-electron chi connectivity index (χ0n) is 15.8. The summed E-state index contributed by atoms with van der Waals surface area (Å²) in [6, 6.07) is 14.9. The first-order chi connectivity index (χ1) is 14.0. The minimum Gasteiger partial charge on any atom is -0.350 e. The summed E-state index contributed by atoms with van der Waals surface area (Å²) in [7, 11) is -3.40. The lowest BCUT2D eigenvalue weighted by Gasteiger charge is -2.29. The zero-order valence-corrected chi connectivity index (χ0v) is 17.4. The van der Waals surface area contributed by atoms with Gasteiger partial charge in [-0.05, 0) is 48.6 Å². The second kappa shape index (κ2) is 8.08. The molecule has 0 unspecified atom stereocenters. The third-order valence-corrected chi connectivity index (χ3v) is 7.32. The average Bonchev–Trinajstić information content (AvgIpc) is 3.11. The number of rotatable bonds is 5. The number of fused-ring (bicyclic) bond motifs is 1. The van der Waals surface area contributed by atoms with Crippen LogP contribution >= 0.6 is 11.6 Å². The molecular weight excluding hydrogens is 410 g/mol. The fourth-order valence-corrected chi connectivity index (χ4v) is 5.55. The molecule has 1 aliphatic rings. The molecule has 0 aliphatic carbocycles. The first-order valence-electron chi connectivity index (χ1n) is 9.58. The van der Waals surface area contributed by atoms with Crippen LogP contribution in [0.5, 0.6) is 0 Å². The van der Waals surface area contributed by atoms with Gasteiger partial charge >= 0.3 is 0 Å². The first-order valence-corrected chi connectivity index (χ1v) is 11.6. The monoisotopic (exact) mass is 431 g/mol. The van der Waals surface area contributed by atoms with Gasteiger partial charge in [-0.2, -0.15) is 0 Å². The molecule has 1 aromatic heterocycles. The fraction of sp³-hybridized carbons (Fsp3) is 0.286. The van der Waals surface area contributed by atoms with Crippen LogP contribution in [0.25, 0.3) is 10.9 Å². The van der Waals surface area contributed by atoms with Crippen LogP contribution in [-0.2, 0) is 16.6 Å². The molecule has 2 aromatic carbocycles. The molecule has 1 saturated heterocycles. The number of hydrogen-bond donors (Lipinski definition) is 1. The van der Waals surface area contributed by atoms with Crippen molar-refractivity contribution in [3.05, 3.63) is 65.3 Å². The maximum absolute atomic E-state index is 12.6. The maximum atomic E-state index is 12.6. The number of carbonyl (C=O) groups excluding carboxylic acids is 1. The highest BCUT2D eigenvalue weighted by Crippen LogP contribution is 2.31. The Balaban J connectivity index is 1.46. The number of amides is 1. The molecule has 2 heterocycles. The molecule has 0 saturated carbocycles. The van der Waals surface area contributed by atoms with Gasteiger partial charge in [0.1, 0.15) is 0 Å². The standard InChI is InChI=1S/C21H22ClN3O3S/c22-18-8-7-17(15-20(18)25-11-3-4-14-29(25,27)28)21(26)23-10-13-24-12-9-16-5-1-2-6-19(16)24/h1-2,5-9,12,15H,3-4,10-11,13-14H2,(H,23,26). The summed E-state index contributed by atoms with van der Waals surface area (Å²) in [5.41, 5.74) is 1.88. The van der Waals surface area contributed by atoms with Gasteiger partial charge in [-0.25, -0.2) is 8.42 Å². The van der Waals surface area contributed by atoms with E-state index in [4.69, 9.17) is 11.6 Å². The number of hydrogen-bond acceptors (Lipinski definition) is 3. The summed E-state index contributed by atoms with van der Waals surface area (Å²) in [6.07, 6.45) is 3.42. The molecule has 8 heteroatoms. The summed E-state index contributed by atoms with van der Waals surface area (Å²) in [6.45, 7) is 1.48. The Morgan fingerprint density at radius 2 is 1.93 bits per heavy atom. The van der Waals surface area contributed by atoms with Gasteiger partial charge in [-0.1, -0.05) is 29.8 Å². The van der Waals surface area contributed by atoms with Crippen molar-refractivity contribution in [3.63, 3.8) is 0 Å². The Labute approximate surface area is 175 Å². The number of anilines is 1. The van der Waals surface area contributed by atoms with E-state index in [-0.39, 0.29) is 11.7 Å². The highest BCUT2D eigenvalue weighted by atomic mass is 35.5. The van der Waals surface area contributed by atoms with Crippen molar-refractivity contribution in [2.24, 2.45) is 0 Å². The van der Waals surface area contributed by atoms with Crippen LogP contribution < -0.4 is 9.62 Å². The molecule has 1 amide bonds. The van der Waals surface area contributed by atoms with Gasteiger partial charge < -0.3 is 9.88 Å². The molecule has 152 valence electrons. The van der Waals surface area contributed by atoms with E-state index in [0.717, 1.165) is 17.3 Å². The summed E-state index contributed by atoms with van der Waals surface area (Å²) in [5, 5.41) is 4.38. The smallest absolute Gasteiger partial charge is 0.251 e. The van der Waals surface area contributed by atoms with Gasteiger partial charge in [0.05, 0.1) is 16.5 Å². The van der Waals surface area contributed by atoms with E-state index < -0.39 is 10.0 Å². The van der Waals surface area contributed by atoms with Gasteiger partial charge in [0.2, 0.25) is 10.0 Å². The quantitative estimate of drug-likeness (QED) is 0.670. The van der Waals surface area contributed by atoms with Crippen LogP contribution in [0.4, 0.5) is 5.69 Å². The summed E-state index contributed by atoms with van der Waals surface area (Å²) in [5.74, 6) is -0.154.